The van der Waals surface area contributed by atoms with E-state index in [2.05, 4.69) is 67.9 Å². The van der Waals surface area contributed by atoms with Crippen molar-refractivity contribution in [2.45, 2.75) is 20.3 Å². The zero-order chi connectivity index (χ0) is 22.8. The molecule has 0 saturated heterocycles. The van der Waals surface area contributed by atoms with Crippen molar-refractivity contribution < 1.29 is 0 Å². The van der Waals surface area contributed by atoms with Crippen LogP contribution in [0, 0.1) is 0 Å². The first kappa shape index (κ1) is 20.6. The van der Waals surface area contributed by atoms with Gasteiger partial charge in [-0.2, -0.15) is 5.10 Å². The molecule has 5 aromatic rings. The maximum Gasteiger partial charge on any atom is 0.116 e. The maximum absolute atomic E-state index is 4.66. The number of fused-ring (bicyclic) bond motifs is 2. The lowest BCUT2D eigenvalue weighted by molar-refractivity contribution is 1.11. The molecule has 6 nitrogen and oxygen atoms in total. The average molecular weight is 433 g/mol. The van der Waals surface area contributed by atoms with Crippen LogP contribution < -0.4 is 0 Å². The first-order valence-corrected chi connectivity index (χ1v) is 10.9. The zero-order valence-corrected chi connectivity index (χ0v) is 18.6. The number of H-pyrrole nitrogens is 2. The van der Waals surface area contributed by atoms with Crippen LogP contribution in [0.5, 0.6) is 0 Å². The Labute approximate surface area is 191 Å². The van der Waals surface area contributed by atoms with Crippen molar-refractivity contribution in [3.8, 4) is 22.6 Å². The summed E-state index contributed by atoms with van der Waals surface area (Å²) in [4.78, 5) is 17.0. The summed E-state index contributed by atoms with van der Waals surface area (Å²) >= 11 is 0. The summed E-state index contributed by atoms with van der Waals surface area (Å²) < 4.78 is 0. The molecule has 162 valence electrons. The molecule has 0 aromatic carbocycles. The van der Waals surface area contributed by atoms with Gasteiger partial charge < -0.3 is 4.98 Å². The van der Waals surface area contributed by atoms with Gasteiger partial charge in [0.25, 0.3) is 0 Å². The molecule has 0 aliphatic carbocycles. The SMILES string of the molecule is C=C/C(=C\C(=C/C)c1cc2c(-c3cc4c(-c5cccnc5)nccc4[nH]3)n[nH]c2cn1)CC. The zero-order valence-electron chi connectivity index (χ0n) is 18.6. The summed E-state index contributed by atoms with van der Waals surface area (Å²) in [6.45, 7) is 8.06. The molecule has 0 fully saturated rings. The summed E-state index contributed by atoms with van der Waals surface area (Å²) in [6, 6.07) is 10.1. The van der Waals surface area contributed by atoms with Crippen molar-refractivity contribution in [1.29, 1.82) is 0 Å². The van der Waals surface area contributed by atoms with Gasteiger partial charge in [0.2, 0.25) is 0 Å². The van der Waals surface area contributed by atoms with Gasteiger partial charge in [-0.05, 0) is 60.9 Å². The van der Waals surface area contributed by atoms with Gasteiger partial charge in [-0.15, -0.1) is 0 Å². The summed E-state index contributed by atoms with van der Waals surface area (Å²) in [7, 11) is 0. The molecule has 6 heteroatoms. The van der Waals surface area contributed by atoms with Crippen molar-refractivity contribution in [2.24, 2.45) is 0 Å². The van der Waals surface area contributed by atoms with Crippen molar-refractivity contribution >= 4 is 27.4 Å². The quantitative estimate of drug-likeness (QED) is 0.300. The molecule has 0 radical (unpaired) electrons. The minimum Gasteiger partial charge on any atom is -0.353 e. The van der Waals surface area contributed by atoms with Gasteiger partial charge in [0.15, 0.2) is 0 Å². The summed E-state index contributed by atoms with van der Waals surface area (Å²) in [5.74, 6) is 0. The minimum absolute atomic E-state index is 0.848. The Hall–Kier alpha value is -4.32. The van der Waals surface area contributed by atoms with Crippen LogP contribution in [0.15, 0.2) is 85.5 Å². The molecule has 0 unspecified atom stereocenters. The van der Waals surface area contributed by atoms with Crippen LogP contribution in [0.1, 0.15) is 26.0 Å². The fraction of sp³-hybridized carbons (Fsp3) is 0.111. The fourth-order valence-electron chi connectivity index (χ4n) is 4.00. The van der Waals surface area contributed by atoms with E-state index < -0.39 is 0 Å². The van der Waals surface area contributed by atoms with Gasteiger partial charge in [-0.1, -0.05) is 25.7 Å². The van der Waals surface area contributed by atoms with E-state index in [1.165, 1.54) is 5.57 Å². The molecular formula is C27H24N6. The second-order valence-corrected chi connectivity index (χ2v) is 7.75. The van der Waals surface area contributed by atoms with Crippen molar-refractivity contribution in [1.82, 2.24) is 30.1 Å². The highest BCUT2D eigenvalue weighted by atomic mass is 15.1. The number of nitrogens with zero attached hydrogens (tertiary/aromatic N) is 4. The van der Waals surface area contributed by atoms with E-state index in [9.17, 15) is 0 Å². The minimum atomic E-state index is 0.848. The number of hydrogen-bond donors (Lipinski definition) is 2. The van der Waals surface area contributed by atoms with Crippen LogP contribution in [0.2, 0.25) is 0 Å². The fourth-order valence-corrected chi connectivity index (χ4v) is 4.00. The van der Waals surface area contributed by atoms with E-state index in [1.807, 2.05) is 49.8 Å². The normalized spacial score (nSPS) is 12.5. The highest BCUT2D eigenvalue weighted by Crippen LogP contribution is 2.33. The number of aromatic amines is 2. The van der Waals surface area contributed by atoms with E-state index in [1.54, 1.807) is 6.20 Å². The largest absolute Gasteiger partial charge is 0.353 e. The second kappa shape index (κ2) is 8.67. The van der Waals surface area contributed by atoms with Crippen LogP contribution in [0.25, 0.3) is 50.0 Å². The average Bonchev–Trinajstić information content (AvgIpc) is 3.49. The Morgan fingerprint density at radius 2 is 1.91 bits per heavy atom. The maximum atomic E-state index is 4.66. The molecule has 0 bridgehead atoms. The predicted molar refractivity (Wildman–Crippen MR) is 134 cm³/mol. The lowest BCUT2D eigenvalue weighted by Gasteiger charge is -2.04. The monoisotopic (exact) mass is 432 g/mol. The molecule has 0 amide bonds. The molecule has 33 heavy (non-hydrogen) atoms. The third-order valence-electron chi connectivity index (χ3n) is 5.80. The molecule has 2 N–H and O–H groups in total. The topological polar surface area (TPSA) is 83.1 Å². The van der Waals surface area contributed by atoms with Gasteiger partial charge in [0.1, 0.15) is 5.69 Å². The van der Waals surface area contributed by atoms with Gasteiger partial charge >= 0.3 is 0 Å². The van der Waals surface area contributed by atoms with E-state index in [0.29, 0.717) is 0 Å². The first-order valence-electron chi connectivity index (χ1n) is 10.9. The van der Waals surface area contributed by atoms with Crippen LogP contribution in [0.4, 0.5) is 0 Å². The molecule has 0 saturated carbocycles. The smallest absolute Gasteiger partial charge is 0.116 e. The van der Waals surface area contributed by atoms with E-state index in [-0.39, 0.29) is 0 Å². The molecule has 5 aromatic heterocycles. The van der Waals surface area contributed by atoms with Gasteiger partial charge in [0, 0.05) is 40.4 Å². The van der Waals surface area contributed by atoms with Gasteiger partial charge in [0.05, 0.1) is 28.8 Å². The van der Waals surface area contributed by atoms with Crippen LogP contribution in [0.3, 0.4) is 0 Å². The molecular weight excluding hydrogens is 408 g/mol. The standard InChI is InChI=1S/C27H24N6/c1-4-17(5-2)12-18(6-3)23-13-21-25(16-30-23)32-33-27(21)24-14-20-22(31-24)9-11-29-26(20)19-8-7-10-28-15-19/h4,6-16,31H,1,5H2,2-3H3,(H,32,33)/b17-12+,18-6+. The molecule has 5 rings (SSSR count). The van der Waals surface area contributed by atoms with E-state index in [0.717, 1.165) is 62.1 Å². The number of nitrogens with one attached hydrogen (secondary N) is 2. The third kappa shape index (κ3) is 3.76. The Morgan fingerprint density at radius 1 is 1.03 bits per heavy atom. The number of hydrogen-bond acceptors (Lipinski definition) is 4. The van der Waals surface area contributed by atoms with Crippen molar-refractivity contribution in [3.63, 3.8) is 0 Å². The Balaban J connectivity index is 1.63. The van der Waals surface area contributed by atoms with Crippen molar-refractivity contribution in [3.05, 3.63) is 91.2 Å². The number of allylic oxidation sites excluding steroid dienone is 5. The van der Waals surface area contributed by atoms with Crippen LogP contribution in [-0.4, -0.2) is 30.1 Å². The summed E-state index contributed by atoms with van der Waals surface area (Å²) in [5, 5.41) is 9.75. The van der Waals surface area contributed by atoms with Gasteiger partial charge in [-0.25, -0.2) is 0 Å². The Kier molecular flexibility index (Phi) is 5.40. The Bertz CT molecular complexity index is 1520. The molecule has 0 spiro atoms. The Morgan fingerprint density at radius 3 is 2.67 bits per heavy atom. The lowest BCUT2D eigenvalue weighted by Crippen LogP contribution is -1.89. The molecule has 5 heterocycles. The number of aromatic nitrogens is 6. The van der Waals surface area contributed by atoms with E-state index >= 15 is 0 Å². The third-order valence-corrected chi connectivity index (χ3v) is 5.80. The number of pyridine rings is 3. The van der Waals surface area contributed by atoms with Gasteiger partial charge in [-0.3, -0.25) is 20.1 Å². The molecule has 0 aliphatic heterocycles. The van der Waals surface area contributed by atoms with Crippen LogP contribution >= 0.6 is 0 Å². The second-order valence-electron chi connectivity index (χ2n) is 7.75. The first-order chi connectivity index (χ1) is 16.2. The lowest BCUT2D eigenvalue weighted by atomic mass is 10.0. The van der Waals surface area contributed by atoms with E-state index in [4.69, 9.17) is 0 Å². The highest BCUT2D eigenvalue weighted by Gasteiger charge is 2.15. The van der Waals surface area contributed by atoms with Crippen LogP contribution in [-0.2, 0) is 0 Å². The molecule has 0 atom stereocenters. The highest BCUT2D eigenvalue weighted by molar-refractivity contribution is 6.00. The number of rotatable bonds is 6. The molecule has 0 aliphatic rings. The predicted octanol–water partition coefficient (Wildman–Crippen LogP) is 6.49. The van der Waals surface area contributed by atoms with Crippen molar-refractivity contribution in [2.75, 3.05) is 0 Å². The summed E-state index contributed by atoms with van der Waals surface area (Å²) in [5.41, 5.74) is 8.65. The summed E-state index contributed by atoms with van der Waals surface area (Å²) in [6.07, 6.45) is 14.3.